The number of rotatable bonds is 5. The van der Waals surface area contributed by atoms with Crippen molar-refractivity contribution in [1.82, 2.24) is 14.8 Å². The lowest BCUT2D eigenvalue weighted by atomic mass is 10.2. The average Bonchev–Trinajstić information content (AvgIpc) is 3.32. The predicted molar refractivity (Wildman–Crippen MR) is 108 cm³/mol. The Kier molecular flexibility index (Phi) is 5.14. The van der Waals surface area contributed by atoms with Gasteiger partial charge < -0.3 is 14.3 Å². The van der Waals surface area contributed by atoms with Crippen LogP contribution in [0.15, 0.2) is 59.0 Å². The Morgan fingerprint density at radius 2 is 1.77 bits per heavy atom. The first-order valence-corrected chi connectivity index (χ1v) is 9.23. The molecule has 0 unspecified atom stereocenters. The smallest absolute Gasteiger partial charge is 0.249 e. The first-order chi connectivity index (χ1) is 14.4. The van der Waals surface area contributed by atoms with Gasteiger partial charge >= 0.3 is 0 Å². The summed E-state index contributed by atoms with van der Waals surface area (Å²) >= 11 is 0. The van der Waals surface area contributed by atoms with Crippen molar-refractivity contribution in [2.45, 2.75) is 20.4 Å². The standard InChI is InChI=1S/C22H18F2N4O2/c1-13-10-17(22-27-26-21(30-22)15-6-4-3-5-7-15)14(2)28(13)12-20(29)25-19-11-16(23)8-9-18(19)24/h3-11H,12H2,1-2H3,(H,25,29). The zero-order chi connectivity index (χ0) is 21.3. The van der Waals surface area contributed by atoms with Gasteiger partial charge in [-0.2, -0.15) is 0 Å². The number of carbonyl (C=O) groups excluding carboxylic acids is 1. The van der Waals surface area contributed by atoms with Gasteiger partial charge in [0.15, 0.2) is 0 Å². The van der Waals surface area contributed by atoms with Crippen molar-refractivity contribution >= 4 is 11.6 Å². The van der Waals surface area contributed by atoms with Crippen LogP contribution in [0.3, 0.4) is 0 Å². The van der Waals surface area contributed by atoms with Crippen molar-refractivity contribution in [2.75, 3.05) is 5.32 Å². The van der Waals surface area contributed by atoms with Crippen LogP contribution in [0, 0.1) is 25.5 Å². The number of aryl methyl sites for hydroxylation is 1. The van der Waals surface area contributed by atoms with Gasteiger partial charge in [-0.05, 0) is 44.2 Å². The molecular weight excluding hydrogens is 390 g/mol. The molecular formula is C22H18F2N4O2. The Balaban J connectivity index is 1.56. The second kappa shape index (κ2) is 7.90. The van der Waals surface area contributed by atoms with E-state index in [0.29, 0.717) is 17.3 Å². The van der Waals surface area contributed by atoms with Crippen LogP contribution >= 0.6 is 0 Å². The van der Waals surface area contributed by atoms with E-state index in [4.69, 9.17) is 4.42 Å². The maximum atomic E-state index is 13.8. The van der Waals surface area contributed by atoms with E-state index >= 15 is 0 Å². The second-order valence-corrected chi connectivity index (χ2v) is 6.82. The van der Waals surface area contributed by atoms with Crippen LogP contribution in [0.2, 0.25) is 0 Å². The highest BCUT2D eigenvalue weighted by Crippen LogP contribution is 2.28. The molecule has 2 heterocycles. The zero-order valence-corrected chi connectivity index (χ0v) is 16.3. The number of benzene rings is 2. The molecule has 152 valence electrons. The first-order valence-electron chi connectivity index (χ1n) is 9.23. The monoisotopic (exact) mass is 408 g/mol. The third-order valence-corrected chi connectivity index (χ3v) is 4.75. The zero-order valence-electron chi connectivity index (χ0n) is 16.3. The van der Waals surface area contributed by atoms with E-state index in [9.17, 15) is 13.6 Å². The van der Waals surface area contributed by atoms with Crippen LogP contribution in [0.4, 0.5) is 14.5 Å². The summed E-state index contributed by atoms with van der Waals surface area (Å²) in [7, 11) is 0. The number of amides is 1. The molecule has 8 heteroatoms. The van der Waals surface area contributed by atoms with E-state index in [-0.39, 0.29) is 12.2 Å². The highest BCUT2D eigenvalue weighted by molar-refractivity contribution is 5.91. The molecule has 4 aromatic rings. The number of nitrogens with zero attached hydrogens (tertiary/aromatic N) is 3. The van der Waals surface area contributed by atoms with Crippen LogP contribution in [-0.4, -0.2) is 20.7 Å². The molecule has 0 aliphatic rings. The van der Waals surface area contributed by atoms with Gasteiger partial charge in [0, 0.05) is 23.0 Å². The number of anilines is 1. The number of carbonyl (C=O) groups is 1. The van der Waals surface area contributed by atoms with Crippen molar-refractivity contribution in [1.29, 1.82) is 0 Å². The fraction of sp³-hybridized carbons (Fsp3) is 0.136. The van der Waals surface area contributed by atoms with Gasteiger partial charge in [-0.1, -0.05) is 18.2 Å². The molecule has 1 N–H and O–H groups in total. The molecule has 30 heavy (non-hydrogen) atoms. The van der Waals surface area contributed by atoms with E-state index in [1.54, 1.807) is 4.57 Å². The number of hydrogen-bond acceptors (Lipinski definition) is 4. The summed E-state index contributed by atoms with van der Waals surface area (Å²) in [4.78, 5) is 12.4. The molecule has 0 saturated carbocycles. The third-order valence-electron chi connectivity index (χ3n) is 4.75. The third kappa shape index (κ3) is 3.84. The highest BCUT2D eigenvalue weighted by atomic mass is 19.1. The summed E-state index contributed by atoms with van der Waals surface area (Å²) in [6.07, 6.45) is 0. The van der Waals surface area contributed by atoms with Crippen molar-refractivity contribution in [2.24, 2.45) is 0 Å². The van der Waals surface area contributed by atoms with Gasteiger partial charge in [-0.25, -0.2) is 8.78 Å². The number of aromatic nitrogens is 3. The van der Waals surface area contributed by atoms with Crippen molar-refractivity contribution in [3.63, 3.8) is 0 Å². The lowest BCUT2D eigenvalue weighted by molar-refractivity contribution is -0.116. The SMILES string of the molecule is Cc1cc(-c2nnc(-c3ccccc3)o2)c(C)n1CC(=O)Nc1cc(F)ccc1F. The first kappa shape index (κ1) is 19.5. The Bertz CT molecular complexity index is 1220. The van der Waals surface area contributed by atoms with Crippen LogP contribution in [0.25, 0.3) is 22.9 Å². The molecule has 4 rings (SSSR count). The van der Waals surface area contributed by atoms with Crippen LogP contribution in [0.5, 0.6) is 0 Å². The number of nitrogens with one attached hydrogen (secondary N) is 1. The lowest BCUT2D eigenvalue weighted by Crippen LogP contribution is -2.20. The van der Waals surface area contributed by atoms with Gasteiger partial charge in [0.25, 0.3) is 0 Å². The fourth-order valence-corrected chi connectivity index (χ4v) is 3.22. The van der Waals surface area contributed by atoms with Crippen molar-refractivity contribution in [3.8, 4) is 22.9 Å². The van der Waals surface area contributed by atoms with E-state index in [2.05, 4.69) is 15.5 Å². The van der Waals surface area contributed by atoms with E-state index in [1.165, 1.54) is 0 Å². The minimum Gasteiger partial charge on any atom is -0.416 e. The van der Waals surface area contributed by atoms with Gasteiger partial charge in [0.2, 0.25) is 17.7 Å². The number of hydrogen-bond donors (Lipinski definition) is 1. The maximum absolute atomic E-state index is 13.8. The molecule has 0 fully saturated rings. The predicted octanol–water partition coefficient (Wildman–Crippen LogP) is 4.74. The highest BCUT2D eigenvalue weighted by Gasteiger charge is 2.19. The van der Waals surface area contributed by atoms with Gasteiger partial charge in [-0.3, -0.25) is 4.79 Å². The molecule has 1 amide bonds. The summed E-state index contributed by atoms with van der Waals surface area (Å²) in [5.41, 5.74) is 2.84. The van der Waals surface area contributed by atoms with Crippen LogP contribution in [0.1, 0.15) is 11.4 Å². The average molecular weight is 408 g/mol. The molecule has 0 aliphatic carbocycles. The molecule has 6 nitrogen and oxygen atoms in total. The van der Waals surface area contributed by atoms with E-state index in [1.807, 2.05) is 50.2 Å². The lowest BCUT2D eigenvalue weighted by Gasteiger charge is -2.11. The number of halogens is 2. The Morgan fingerprint density at radius 3 is 2.53 bits per heavy atom. The minimum atomic E-state index is -0.703. The largest absolute Gasteiger partial charge is 0.416 e. The summed E-state index contributed by atoms with van der Waals surface area (Å²) in [5.74, 6) is -1.08. The Morgan fingerprint density at radius 1 is 1.03 bits per heavy atom. The molecule has 0 saturated heterocycles. The molecule has 0 spiro atoms. The van der Waals surface area contributed by atoms with Crippen molar-refractivity contribution < 1.29 is 18.0 Å². The summed E-state index contributed by atoms with van der Waals surface area (Å²) in [6, 6.07) is 14.1. The Hall–Kier alpha value is -3.81. The topological polar surface area (TPSA) is 73.0 Å². The Labute approximate surface area is 171 Å². The van der Waals surface area contributed by atoms with E-state index < -0.39 is 17.5 Å². The summed E-state index contributed by atoms with van der Waals surface area (Å²) in [6.45, 7) is 3.58. The van der Waals surface area contributed by atoms with Crippen LogP contribution in [-0.2, 0) is 11.3 Å². The quantitative estimate of drug-likeness (QED) is 0.518. The van der Waals surface area contributed by atoms with Gasteiger partial charge in [0.05, 0.1) is 11.3 Å². The van der Waals surface area contributed by atoms with E-state index in [0.717, 1.165) is 35.2 Å². The molecule has 2 aromatic heterocycles. The minimum absolute atomic E-state index is 0.0761. The van der Waals surface area contributed by atoms with Gasteiger partial charge in [0.1, 0.15) is 18.2 Å². The van der Waals surface area contributed by atoms with Gasteiger partial charge in [-0.15, -0.1) is 10.2 Å². The summed E-state index contributed by atoms with van der Waals surface area (Å²) in [5, 5.41) is 10.6. The fourth-order valence-electron chi connectivity index (χ4n) is 3.22. The normalized spacial score (nSPS) is 10.9. The van der Waals surface area contributed by atoms with Crippen LogP contribution < -0.4 is 5.32 Å². The molecule has 0 atom stereocenters. The molecule has 0 aliphatic heterocycles. The second-order valence-electron chi connectivity index (χ2n) is 6.82. The van der Waals surface area contributed by atoms with Crippen molar-refractivity contribution in [3.05, 3.63) is 77.6 Å². The molecule has 2 aromatic carbocycles. The molecule has 0 bridgehead atoms. The molecule has 0 radical (unpaired) electrons. The summed E-state index contributed by atoms with van der Waals surface area (Å²) < 4.78 is 34.7. The maximum Gasteiger partial charge on any atom is 0.249 e.